The Balaban J connectivity index is 0.938. The number of likely N-dealkylation sites (tertiary alicyclic amines) is 1. The van der Waals surface area contributed by atoms with Crippen molar-refractivity contribution in [3.05, 3.63) is 99.6 Å². The molecule has 4 amide bonds. The number of rotatable bonds is 23. The van der Waals surface area contributed by atoms with Crippen LogP contribution < -0.4 is 26.0 Å². The average molecular weight is 1080 g/mol. The molecular weight excluding hydrogens is 1010 g/mol. The van der Waals surface area contributed by atoms with Crippen LogP contribution >= 0.6 is 22.9 Å². The van der Waals surface area contributed by atoms with E-state index in [1.807, 2.05) is 76.5 Å². The summed E-state index contributed by atoms with van der Waals surface area (Å²) in [4.78, 5) is 74.3. The number of nitriles is 1. The summed E-state index contributed by atoms with van der Waals surface area (Å²) >= 11 is 7.81. The smallest absolute Gasteiger partial charge is 0.489 e. The normalized spacial score (nSPS) is 19.3. The van der Waals surface area contributed by atoms with Gasteiger partial charge in [0.1, 0.15) is 36.6 Å². The van der Waals surface area contributed by atoms with Crippen LogP contribution in [-0.4, -0.2) is 109 Å². The number of hydrogen-bond donors (Lipinski definition) is 4. The Bertz CT molecular complexity index is 2680. The van der Waals surface area contributed by atoms with Crippen molar-refractivity contribution in [2.45, 2.75) is 144 Å². The summed E-state index contributed by atoms with van der Waals surface area (Å²) in [6.45, 7) is 21.3. The SMILES string of the molecule is Cc1ncsc1-c1ccc([C@H](C)NC(=O)[C@@H]2C[C@@H](OCOC(=O)OC(C)C)CN2C(=O)[C@@H](NC(=O)COCCCCCNc2ccc(C(=O)NC3C(C)(C)C(Oc4ccc(C#N)c(Cl)c4)C3(C)C)cc2)C(C)(C)C)cc1. The summed E-state index contributed by atoms with van der Waals surface area (Å²) in [5.41, 5.74) is 4.93. The van der Waals surface area contributed by atoms with Crippen LogP contribution in [0.5, 0.6) is 5.75 Å². The summed E-state index contributed by atoms with van der Waals surface area (Å²) < 4.78 is 28.1. The van der Waals surface area contributed by atoms with Crippen molar-refractivity contribution < 1.29 is 47.7 Å². The fourth-order valence-electron chi connectivity index (χ4n) is 10.2. The van der Waals surface area contributed by atoms with Crippen molar-refractivity contribution in [3.8, 4) is 22.3 Å². The Labute approximate surface area is 456 Å². The number of halogens is 1. The van der Waals surface area contributed by atoms with Gasteiger partial charge >= 0.3 is 6.16 Å². The summed E-state index contributed by atoms with van der Waals surface area (Å²) in [7, 11) is 0. The van der Waals surface area contributed by atoms with Crippen LogP contribution in [0.4, 0.5) is 10.5 Å². The number of aromatic nitrogens is 1. The minimum atomic E-state index is -1.01. The van der Waals surface area contributed by atoms with Crippen molar-refractivity contribution in [2.75, 3.05) is 38.4 Å². The molecule has 4 atom stereocenters. The largest absolute Gasteiger partial charge is 0.510 e. The molecule has 2 heterocycles. The highest BCUT2D eigenvalue weighted by Gasteiger charge is 2.64. The lowest BCUT2D eigenvalue weighted by Gasteiger charge is -2.63. The number of anilines is 1. The minimum Gasteiger partial charge on any atom is -0.489 e. The van der Waals surface area contributed by atoms with Crippen molar-refractivity contribution in [1.29, 1.82) is 5.26 Å². The van der Waals surface area contributed by atoms with Gasteiger partial charge < -0.3 is 49.9 Å². The highest BCUT2D eigenvalue weighted by atomic mass is 35.5. The van der Waals surface area contributed by atoms with Gasteiger partial charge in [0.05, 0.1) is 44.9 Å². The van der Waals surface area contributed by atoms with Crippen molar-refractivity contribution in [1.82, 2.24) is 25.8 Å². The van der Waals surface area contributed by atoms with Crippen molar-refractivity contribution in [3.63, 3.8) is 0 Å². The first-order valence-corrected chi connectivity index (χ1v) is 27.1. The Morgan fingerprint density at radius 2 is 1.63 bits per heavy atom. The van der Waals surface area contributed by atoms with Gasteiger partial charge in [-0.05, 0) is 99.9 Å². The van der Waals surface area contributed by atoms with Crippen LogP contribution in [0.25, 0.3) is 10.4 Å². The molecule has 0 radical (unpaired) electrons. The maximum absolute atomic E-state index is 14.5. The molecule has 2 fully saturated rings. The molecule has 4 N–H and O–H groups in total. The molecule has 0 bridgehead atoms. The summed E-state index contributed by atoms with van der Waals surface area (Å²) in [6.07, 6.45) is 0.347. The Morgan fingerprint density at radius 3 is 2.25 bits per heavy atom. The quantitative estimate of drug-likeness (QED) is 0.0309. The fraction of sp³-hybridized carbons (Fsp3) is 0.526. The number of carbonyl (C=O) groups excluding carboxylic acids is 5. The molecule has 2 aliphatic rings. The van der Waals surface area contributed by atoms with E-state index in [0.717, 1.165) is 40.2 Å². The van der Waals surface area contributed by atoms with E-state index in [0.29, 0.717) is 41.5 Å². The molecule has 1 aliphatic carbocycles. The van der Waals surface area contributed by atoms with Crippen LogP contribution in [0.3, 0.4) is 0 Å². The summed E-state index contributed by atoms with van der Waals surface area (Å²) in [5.74, 6) is -0.911. The number of amides is 4. The molecule has 17 nitrogen and oxygen atoms in total. The molecule has 0 spiro atoms. The monoisotopic (exact) mass is 1080 g/mol. The molecule has 410 valence electrons. The first-order valence-electron chi connectivity index (χ1n) is 25.8. The number of thiazole rings is 1. The van der Waals surface area contributed by atoms with Gasteiger partial charge in [-0.25, -0.2) is 9.78 Å². The van der Waals surface area contributed by atoms with Crippen LogP contribution in [0, 0.1) is 34.5 Å². The van der Waals surface area contributed by atoms with Crippen LogP contribution in [-0.2, 0) is 33.3 Å². The molecule has 0 unspecified atom stereocenters. The second kappa shape index (κ2) is 25.7. The zero-order chi connectivity index (χ0) is 55.5. The third-order valence-corrected chi connectivity index (χ3v) is 15.3. The van der Waals surface area contributed by atoms with E-state index in [1.165, 1.54) is 4.90 Å². The molecular formula is C57H74ClN7O10S. The molecule has 6 rings (SSSR count). The van der Waals surface area contributed by atoms with Gasteiger partial charge in [0.15, 0.2) is 6.79 Å². The van der Waals surface area contributed by atoms with Gasteiger partial charge in [0, 0.05) is 60.3 Å². The summed E-state index contributed by atoms with van der Waals surface area (Å²) in [6, 6.07) is 19.8. The number of nitrogens with one attached hydrogen (secondary N) is 4. The number of hydrogen-bond acceptors (Lipinski definition) is 14. The Kier molecular flexibility index (Phi) is 20.0. The van der Waals surface area contributed by atoms with E-state index in [2.05, 4.69) is 60.0 Å². The van der Waals surface area contributed by atoms with Gasteiger partial charge in [-0.3, -0.25) is 19.2 Å². The molecule has 1 aliphatic heterocycles. The van der Waals surface area contributed by atoms with E-state index < -0.39 is 60.3 Å². The third-order valence-electron chi connectivity index (χ3n) is 14.0. The highest BCUT2D eigenvalue weighted by Crippen LogP contribution is 2.55. The Hall–Kier alpha value is -6.26. The fourth-order valence-corrected chi connectivity index (χ4v) is 11.2. The highest BCUT2D eigenvalue weighted by molar-refractivity contribution is 7.13. The topological polar surface area (TPSA) is 220 Å². The minimum absolute atomic E-state index is 0.0169. The second-order valence-corrected chi connectivity index (χ2v) is 23.4. The van der Waals surface area contributed by atoms with Crippen LogP contribution in [0.1, 0.15) is 128 Å². The van der Waals surface area contributed by atoms with Gasteiger partial charge in [0.25, 0.3) is 5.91 Å². The average Bonchev–Trinajstić information content (AvgIpc) is 4.00. The Morgan fingerprint density at radius 1 is 0.934 bits per heavy atom. The molecule has 19 heteroatoms. The van der Waals surface area contributed by atoms with E-state index in [4.69, 9.17) is 35.3 Å². The van der Waals surface area contributed by atoms with Crippen molar-refractivity contribution >= 4 is 58.4 Å². The maximum atomic E-state index is 14.5. The number of ether oxygens (including phenoxy) is 5. The molecule has 4 aromatic rings. The van der Waals surface area contributed by atoms with Crippen LogP contribution in [0.15, 0.2) is 72.2 Å². The lowest BCUT2D eigenvalue weighted by Crippen LogP contribution is -2.74. The predicted octanol–water partition coefficient (Wildman–Crippen LogP) is 9.77. The van der Waals surface area contributed by atoms with Crippen molar-refractivity contribution in [2.24, 2.45) is 16.2 Å². The maximum Gasteiger partial charge on any atom is 0.510 e. The van der Waals surface area contributed by atoms with Gasteiger partial charge in [0.2, 0.25) is 17.7 Å². The standard InChI is InChI=1S/C57H74ClN7O10S/c1-34(2)74-54(70)73-33-72-43-28-45(50(68)62-35(3)37-15-17-38(18-16-37)47-36(4)61-32-76-47)65(30-43)51(69)48(55(5,6)7)63-46(66)31-71-26-14-12-13-25-60-41-22-19-39(20-23-41)49(67)64-52-56(8,9)53(57(52,10)11)75-42-24-21-40(29-59)44(58)27-42/h15-24,27,32,34-35,43,45,48,52-53,60H,12-14,25-26,28,30-31,33H2,1-11H3,(H,62,68)(H,63,66)(H,64,67)/t35-,43+,45-,48+,52?,53?/m0/s1. The number of benzene rings is 3. The van der Waals surface area contributed by atoms with Gasteiger partial charge in [-0.2, -0.15) is 5.26 Å². The number of aryl methyl sites for hydroxylation is 1. The van der Waals surface area contributed by atoms with E-state index >= 15 is 0 Å². The molecule has 1 aromatic heterocycles. The van der Waals surface area contributed by atoms with Gasteiger partial charge in [-0.15, -0.1) is 11.3 Å². The van der Waals surface area contributed by atoms with Gasteiger partial charge in [-0.1, -0.05) is 84.3 Å². The first-order chi connectivity index (χ1) is 35.9. The molecule has 1 saturated carbocycles. The predicted molar refractivity (Wildman–Crippen MR) is 292 cm³/mol. The number of unbranched alkanes of at least 4 members (excludes halogenated alkanes) is 2. The molecule has 3 aromatic carbocycles. The van der Waals surface area contributed by atoms with Crippen LogP contribution in [0.2, 0.25) is 5.02 Å². The number of carbonyl (C=O) groups is 5. The lowest BCUT2D eigenvalue weighted by atomic mass is 9.49. The van der Waals surface area contributed by atoms with E-state index in [9.17, 15) is 29.2 Å². The molecule has 1 saturated heterocycles. The van der Waals surface area contributed by atoms with E-state index in [1.54, 1.807) is 55.5 Å². The van der Waals surface area contributed by atoms with E-state index in [-0.39, 0.29) is 54.6 Å². The second-order valence-electron chi connectivity index (χ2n) is 22.1. The number of nitrogens with zero attached hydrogens (tertiary/aromatic N) is 3. The lowest BCUT2D eigenvalue weighted by molar-refractivity contribution is -0.164. The zero-order valence-corrected chi connectivity index (χ0v) is 47.1. The summed E-state index contributed by atoms with van der Waals surface area (Å²) in [5, 5.41) is 22.1. The first kappa shape index (κ1) is 59.0. The third kappa shape index (κ3) is 15.0. The zero-order valence-electron chi connectivity index (χ0n) is 45.5. The molecule has 76 heavy (non-hydrogen) atoms.